The van der Waals surface area contributed by atoms with Crippen LogP contribution in [0.1, 0.15) is 12.5 Å². The van der Waals surface area contributed by atoms with Crippen LogP contribution < -0.4 is 10.1 Å². The molecule has 1 heterocycles. The summed E-state index contributed by atoms with van der Waals surface area (Å²) < 4.78 is 11.9. The van der Waals surface area contributed by atoms with Gasteiger partial charge in [-0.25, -0.2) is 0 Å². The number of ether oxygens (including phenoxy) is 2. The van der Waals surface area contributed by atoms with Crippen molar-refractivity contribution in [3.63, 3.8) is 0 Å². The maximum Gasteiger partial charge on any atom is 0.260 e. The molecule has 1 saturated heterocycles. The van der Waals surface area contributed by atoms with Gasteiger partial charge in [-0.2, -0.15) is 0 Å². The van der Waals surface area contributed by atoms with E-state index in [1.807, 2.05) is 18.2 Å². The van der Waals surface area contributed by atoms with Crippen molar-refractivity contribution in [2.24, 2.45) is 0 Å². The van der Waals surface area contributed by atoms with Crippen LogP contribution in [0.3, 0.4) is 0 Å². The maximum atomic E-state index is 12.0. The molecule has 0 radical (unpaired) electrons. The van der Waals surface area contributed by atoms with Gasteiger partial charge in [0, 0.05) is 24.1 Å². The lowest BCUT2D eigenvalue weighted by Crippen LogP contribution is -2.42. The van der Waals surface area contributed by atoms with Crippen molar-refractivity contribution in [1.82, 2.24) is 10.2 Å². The molecule has 116 valence electrons. The number of amides is 1. The minimum absolute atomic E-state index is 0.00875. The van der Waals surface area contributed by atoms with Crippen molar-refractivity contribution >= 4 is 21.8 Å². The summed E-state index contributed by atoms with van der Waals surface area (Å²) in [5.74, 6) is 0.724. The Hall–Kier alpha value is -1.11. The summed E-state index contributed by atoms with van der Waals surface area (Å²) >= 11 is 3.52. The van der Waals surface area contributed by atoms with Gasteiger partial charge in [0.2, 0.25) is 0 Å². The van der Waals surface area contributed by atoms with Crippen LogP contribution >= 0.6 is 15.9 Å². The molecule has 0 aromatic heterocycles. The van der Waals surface area contributed by atoms with Gasteiger partial charge in [-0.05, 0) is 30.3 Å². The number of morpholine rings is 1. The first-order valence-electron chi connectivity index (χ1n) is 7.18. The van der Waals surface area contributed by atoms with Crippen LogP contribution in [0.4, 0.5) is 0 Å². The number of nitrogens with zero attached hydrogens (tertiary/aromatic N) is 1. The van der Waals surface area contributed by atoms with E-state index in [1.54, 1.807) is 4.90 Å². The molecular weight excluding hydrogens is 336 g/mol. The molecular formula is C15H21BrN2O3. The van der Waals surface area contributed by atoms with Crippen LogP contribution in [-0.4, -0.2) is 50.3 Å². The Morgan fingerprint density at radius 3 is 2.90 bits per heavy atom. The summed E-state index contributed by atoms with van der Waals surface area (Å²) in [5, 5.41) is 3.27. The molecule has 1 N–H and O–H groups in total. The number of carbonyl (C=O) groups excluding carboxylic acids is 1. The molecule has 0 bridgehead atoms. The summed E-state index contributed by atoms with van der Waals surface area (Å²) in [6, 6.07) is 5.77. The average molecular weight is 357 g/mol. The zero-order chi connectivity index (χ0) is 15.1. The molecule has 1 aliphatic heterocycles. The Morgan fingerprint density at radius 1 is 1.43 bits per heavy atom. The van der Waals surface area contributed by atoms with E-state index in [0.717, 1.165) is 23.1 Å². The summed E-state index contributed by atoms with van der Waals surface area (Å²) in [5.41, 5.74) is 1.12. The fourth-order valence-corrected chi connectivity index (χ4v) is 2.47. The topological polar surface area (TPSA) is 50.8 Å². The highest BCUT2D eigenvalue weighted by Gasteiger charge is 2.17. The SMILES string of the molecule is CCNCc1cc(OCC(=O)N2CCOCC2)ccc1Br. The van der Waals surface area contributed by atoms with Gasteiger partial charge in [0.15, 0.2) is 6.61 Å². The second kappa shape index (κ2) is 8.36. The van der Waals surface area contributed by atoms with E-state index >= 15 is 0 Å². The number of benzene rings is 1. The molecule has 0 saturated carbocycles. The van der Waals surface area contributed by atoms with Gasteiger partial charge in [0.05, 0.1) is 13.2 Å². The van der Waals surface area contributed by atoms with Crippen LogP contribution in [0, 0.1) is 0 Å². The van der Waals surface area contributed by atoms with Crippen molar-refractivity contribution in [2.75, 3.05) is 39.5 Å². The first-order chi connectivity index (χ1) is 10.2. The summed E-state index contributed by atoms with van der Waals surface area (Å²) in [4.78, 5) is 13.8. The number of carbonyl (C=O) groups is 1. The van der Waals surface area contributed by atoms with Crippen molar-refractivity contribution in [2.45, 2.75) is 13.5 Å². The van der Waals surface area contributed by atoms with Crippen LogP contribution in [-0.2, 0) is 16.1 Å². The molecule has 0 aliphatic carbocycles. The van der Waals surface area contributed by atoms with Crippen LogP contribution in [0.5, 0.6) is 5.75 Å². The average Bonchev–Trinajstić information content (AvgIpc) is 2.53. The van der Waals surface area contributed by atoms with E-state index in [0.29, 0.717) is 32.1 Å². The first-order valence-corrected chi connectivity index (χ1v) is 7.97. The zero-order valence-corrected chi connectivity index (χ0v) is 13.8. The lowest BCUT2D eigenvalue weighted by molar-refractivity contribution is -0.137. The molecule has 0 unspecified atom stereocenters. The summed E-state index contributed by atoms with van der Waals surface area (Å²) in [7, 11) is 0. The molecule has 1 amide bonds. The predicted octanol–water partition coefficient (Wildman–Crippen LogP) is 1.80. The van der Waals surface area contributed by atoms with Gasteiger partial charge in [-0.1, -0.05) is 22.9 Å². The van der Waals surface area contributed by atoms with Gasteiger partial charge in [0.25, 0.3) is 5.91 Å². The smallest absolute Gasteiger partial charge is 0.260 e. The number of halogens is 1. The minimum atomic E-state index is 0.00875. The van der Waals surface area contributed by atoms with E-state index in [1.165, 1.54) is 0 Å². The molecule has 2 rings (SSSR count). The maximum absolute atomic E-state index is 12.0. The quantitative estimate of drug-likeness (QED) is 0.844. The van der Waals surface area contributed by atoms with Gasteiger partial charge in [-0.15, -0.1) is 0 Å². The van der Waals surface area contributed by atoms with E-state index in [4.69, 9.17) is 9.47 Å². The van der Waals surface area contributed by atoms with Gasteiger partial charge < -0.3 is 19.7 Å². The van der Waals surface area contributed by atoms with E-state index in [2.05, 4.69) is 28.2 Å². The van der Waals surface area contributed by atoms with Crippen LogP contribution in [0.15, 0.2) is 22.7 Å². The Bertz CT molecular complexity index is 476. The first kappa shape index (κ1) is 16.3. The van der Waals surface area contributed by atoms with Crippen LogP contribution in [0.25, 0.3) is 0 Å². The number of rotatable bonds is 6. The van der Waals surface area contributed by atoms with Crippen molar-refractivity contribution < 1.29 is 14.3 Å². The molecule has 1 aromatic carbocycles. The summed E-state index contributed by atoms with van der Waals surface area (Å²) in [6.07, 6.45) is 0. The summed E-state index contributed by atoms with van der Waals surface area (Å²) in [6.45, 7) is 6.33. The molecule has 0 spiro atoms. The van der Waals surface area contributed by atoms with Gasteiger partial charge in [0.1, 0.15) is 5.75 Å². The normalized spacial score (nSPS) is 15.0. The van der Waals surface area contributed by atoms with Gasteiger partial charge in [-0.3, -0.25) is 4.79 Å². The third-order valence-corrected chi connectivity index (χ3v) is 4.08. The lowest BCUT2D eigenvalue weighted by atomic mass is 10.2. The highest BCUT2D eigenvalue weighted by atomic mass is 79.9. The van der Waals surface area contributed by atoms with E-state index in [-0.39, 0.29) is 12.5 Å². The fraction of sp³-hybridized carbons (Fsp3) is 0.533. The van der Waals surface area contributed by atoms with E-state index < -0.39 is 0 Å². The second-order valence-corrected chi connectivity index (χ2v) is 5.67. The monoisotopic (exact) mass is 356 g/mol. The zero-order valence-electron chi connectivity index (χ0n) is 12.2. The number of hydrogen-bond acceptors (Lipinski definition) is 4. The predicted molar refractivity (Wildman–Crippen MR) is 84.4 cm³/mol. The standard InChI is InChI=1S/C15H21BrN2O3/c1-2-17-10-12-9-13(3-4-14(12)16)21-11-15(19)18-5-7-20-8-6-18/h3-4,9,17H,2,5-8,10-11H2,1H3. The molecule has 6 heteroatoms. The third kappa shape index (κ3) is 4.98. The Morgan fingerprint density at radius 2 is 2.19 bits per heavy atom. The molecule has 5 nitrogen and oxygen atoms in total. The Kier molecular flexibility index (Phi) is 6.48. The number of hydrogen-bond donors (Lipinski definition) is 1. The Balaban J connectivity index is 1.88. The lowest BCUT2D eigenvalue weighted by Gasteiger charge is -2.26. The van der Waals surface area contributed by atoms with Crippen molar-refractivity contribution in [1.29, 1.82) is 0 Å². The highest BCUT2D eigenvalue weighted by Crippen LogP contribution is 2.22. The van der Waals surface area contributed by atoms with Gasteiger partial charge >= 0.3 is 0 Å². The van der Waals surface area contributed by atoms with E-state index in [9.17, 15) is 4.79 Å². The highest BCUT2D eigenvalue weighted by molar-refractivity contribution is 9.10. The van der Waals surface area contributed by atoms with Crippen LogP contribution in [0.2, 0.25) is 0 Å². The van der Waals surface area contributed by atoms with Crippen molar-refractivity contribution in [3.05, 3.63) is 28.2 Å². The second-order valence-electron chi connectivity index (χ2n) is 4.82. The fourth-order valence-electron chi connectivity index (χ4n) is 2.09. The molecule has 0 atom stereocenters. The molecule has 21 heavy (non-hydrogen) atoms. The molecule has 1 aromatic rings. The van der Waals surface area contributed by atoms with Crippen molar-refractivity contribution in [3.8, 4) is 5.75 Å². The minimum Gasteiger partial charge on any atom is -0.484 e. The molecule has 1 aliphatic rings. The number of nitrogens with one attached hydrogen (secondary N) is 1. The molecule has 1 fully saturated rings. The Labute approximate surface area is 133 Å². The third-order valence-electron chi connectivity index (χ3n) is 3.31. The largest absolute Gasteiger partial charge is 0.484 e.